The first kappa shape index (κ1) is 18.6. The maximum Gasteiger partial charge on any atom is 0.306 e. The lowest BCUT2D eigenvalue weighted by molar-refractivity contribution is -0.143. The van der Waals surface area contributed by atoms with Crippen molar-refractivity contribution in [1.29, 1.82) is 0 Å². The van der Waals surface area contributed by atoms with E-state index in [1.54, 1.807) is 41.3 Å². The van der Waals surface area contributed by atoms with Gasteiger partial charge in [-0.05, 0) is 44.0 Å². The van der Waals surface area contributed by atoms with E-state index < -0.39 is 11.9 Å². The first-order valence-corrected chi connectivity index (χ1v) is 8.95. The number of amides is 2. The second kappa shape index (κ2) is 8.03. The number of carboxylic acid groups (broad SMARTS) is 1. The monoisotopic (exact) mass is 366 g/mol. The van der Waals surface area contributed by atoms with Gasteiger partial charge >= 0.3 is 5.97 Å². The van der Waals surface area contributed by atoms with Gasteiger partial charge in [0, 0.05) is 18.7 Å². The Morgan fingerprint density at radius 2 is 1.74 bits per heavy atom. The topological polar surface area (TPSA) is 86.7 Å². The van der Waals surface area contributed by atoms with E-state index in [0.717, 1.165) is 5.56 Å². The molecule has 0 atom stereocenters. The number of rotatable bonds is 4. The SMILES string of the molecule is Cc1cccc(C(=O)Nc2ccccc2C(=O)N2CCC(C(=O)O)CC2)c1. The Balaban J connectivity index is 1.75. The van der Waals surface area contributed by atoms with Gasteiger partial charge in [-0.2, -0.15) is 0 Å². The van der Waals surface area contributed by atoms with Crippen LogP contribution in [0.1, 0.15) is 39.1 Å². The first-order chi connectivity index (χ1) is 13.0. The molecule has 0 radical (unpaired) electrons. The molecule has 1 fully saturated rings. The van der Waals surface area contributed by atoms with Gasteiger partial charge in [-0.3, -0.25) is 14.4 Å². The Bertz CT molecular complexity index is 870. The standard InChI is InChI=1S/C21H22N2O4/c1-14-5-4-6-16(13-14)19(24)22-18-8-3-2-7-17(18)20(25)23-11-9-15(10-12-23)21(26)27/h2-8,13,15H,9-12H2,1H3,(H,22,24)(H,26,27). The number of nitrogens with one attached hydrogen (secondary N) is 1. The van der Waals surface area contributed by atoms with Crippen molar-refractivity contribution < 1.29 is 19.5 Å². The molecule has 0 aromatic heterocycles. The van der Waals surface area contributed by atoms with Crippen LogP contribution in [-0.4, -0.2) is 40.9 Å². The van der Waals surface area contributed by atoms with E-state index in [4.69, 9.17) is 5.11 Å². The molecule has 2 aromatic rings. The van der Waals surface area contributed by atoms with Crippen LogP contribution in [0, 0.1) is 12.8 Å². The summed E-state index contributed by atoms with van der Waals surface area (Å²) in [5, 5.41) is 11.9. The average molecular weight is 366 g/mol. The van der Waals surface area contributed by atoms with Crippen molar-refractivity contribution >= 4 is 23.5 Å². The van der Waals surface area contributed by atoms with Gasteiger partial charge in [0.25, 0.3) is 11.8 Å². The molecule has 2 aromatic carbocycles. The number of benzene rings is 2. The molecule has 2 N–H and O–H groups in total. The lowest BCUT2D eigenvalue weighted by atomic mass is 9.96. The number of likely N-dealkylation sites (tertiary alicyclic amines) is 1. The van der Waals surface area contributed by atoms with E-state index in [2.05, 4.69) is 5.32 Å². The van der Waals surface area contributed by atoms with E-state index in [0.29, 0.717) is 42.7 Å². The molecular weight excluding hydrogens is 344 g/mol. The highest BCUT2D eigenvalue weighted by molar-refractivity contribution is 6.09. The number of para-hydroxylation sites is 1. The van der Waals surface area contributed by atoms with Crippen molar-refractivity contribution in [3.8, 4) is 0 Å². The Labute approximate surface area is 157 Å². The molecule has 1 heterocycles. The molecule has 1 saturated heterocycles. The van der Waals surface area contributed by atoms with Crippen LogP contribution >= 0.6 is 0 Å². The van der Waals surface area contributed by atoms with Crippen LogP contribution in [0.3, 0.4) is 0 Å². The highest BCUT2D eigenvalue weighted by Crippen LogP contribution is 2.23. The fourth-order valence-corrected chi connectivity index (χ4v) is 3.26. The normalized spacial score (nSPS) is 14.6. The summed E-state index contributed by atoms with van der Waals surface area (Å²) in [6.45, 7) is 2.71. The Morgan fingerprint density at radius 3 is 2.41 bits per heavy atom. The third-order valence-corrected chi connectivity index (χ3v) is 4.82. The number of carbonyl (C=O) groups is 3. The van der Waals surface area contributed by atoms with Crippen LogP contribution in [-0.2, 0) is 4.79 Å². The average Bonchev–Trinajstić information content (AvgIpc) is 2.68. The Kier molecular flexibility index (Phi) is 5.54. The molecule has 6 nitrogen and oxygen atoms in total. The number of hydrogen-bond donors (Lipinski definition) is 2. The number of anilines is 1. The van der Waals surface area contributed by atoms with Crippen LogP contribution in [0.2, 0.25) is 0 Å². The highest BCUT2D eigenvalue weighted by Gasteiger charge is 2.28. The van der Waals surface area contributed by atoms with Crippen molar-refractivity contribution in [2.24, 2.45) is 5.92 Å². The van der Waals surface area contributed by atoms with Gasteiger partial charge in [0.1, 0.15) is 0 Å². The van der Waals surface area contributed by atoms with Crippen LogP contribution in [0.15, 0.2) is 48.5 Å². The summed E-state index contributed by atoms with van der Waals surface area (Å²) < 4.78 is 0. The second-order valence-electron chi connectivity index (χ2n) is 6.77. The van der Waals surface area contributed by atoms with E-state index >= 15 is 0 Å². The lowest BCUT2D eigenvalue weighted by Crippen LogP contribution is -2.40. The summed E-state index contributed by atoms with van der Waals surface area (Å²) in [4.78, 5) is 38.2. The molecule has 0 spiro atoms. The fraction of sp³-hybridized carbons (Fsp3) is 0.286. The summed E-state index contributed by atoms with van der Waals surface area (Å²) in [5.74, 6) is -1.68. The number of aryl methyl sites for hydroxylation is 1. The molecule has 140 valence electrons. The molecule has 2 amide bonds. The van der Waals surface area contributed by atoms with Gasteiger partial charge in [-0.1, -0.05) is 29.8 Å². The first-order valence-electron chi connectivity index (χ1n) is 8.95. The minimum atomic E-state index is -0.812. The number of carbonyl (C=O) groups excluding carboxylic acids is 2. The second-order valence-corrected chi connectivity index (χ2v) is 6.77. The lowest BCUT2D eigenvalue weighted by Gasteiger charge is -2.30. The van der Waals surface area contributed by atoms with Crippen LogP contribution in [0.5, 0.6) is 0 Å². The van der Waals surface area contributed by atoms with Crippen molar-refractivity contribution in [2.45, 2.75) is 19.8 Å². The van der Waals surface area contributed by atoms with Crippen LogP contribution in [0.25, 0.3) is 0 Å². The van der Waals surface area contributed by atoms with Crippen molar-refractivity contribution in [3.63, 3.8) is 0 Å². The quantitative estimate of drug-likeness (QED) is 0.870. The number of carboxylic acids is 1. The summed E-state index contributed by atoms with van der Waals surface area (Å²) in [6.07, 6.45) is 0.887. The third kappa shape index (κ3) is 4.34. The van der Waals surface area contributed by atoms with E-state index in [9.17, 15) is 14.4 Å². The maximum absolute atomic E-state index is 12.9. The zero-order valence-electron chi connectivity index (χ0n) is 15.1. The third-order valence-electron chi connectivity index (χ3n) is 4.82. The zero-order valence-corrected chi connectivity index (χ0v) is 15.1. The van der Waals surface area contributed by atoms with Crippen LogP contribution in [0.4, 0.5) is 5.69 Å². The minimum Gasteiger partial charge on any atom is -0.481 e. The van der Waals surface area contributed by atoms with Crippen LogP contribution < -0.4 is 5.32 Å². The molecule has 1 aliphatic heterocycles. The predicted molar refractivity (Wildman–Crippen MR) is 102 cm³/mol. The number of nitrogens with zero attached hydrogens (tertiary/aromatic N) is 1. The van der Waals surface area contributed by atoms with Gasteiger partial charge in [-0.15, -0.1) is 0 Å². The number of aliphatic carboxylic acids is 1. The minimum absolute atomic E-state index is 0.195. The Hall–Kier alpha value is -3.15. The molecule has 0 bridgehead atoms. The van der Waals surface area contributed by atoms with Gasteiger partial charge in [0.15, 0.2) is 0 Å². The van der Waals surface area contributed by atoms with Gasteiger partial charge in [0.05, 0.1) is 17.2 Å². The molecule has 27 heavy (non-hydrogen) atoms. The molecule has 3 rings (SSSR count). The summed E-state index contributed by atoms with van der Waals surface area (Å²) >= 11 is 0. The molecule has 0 unspecified atom stereocenters. The smallest absolute Gasteiger partial charge is 0.306 e. The number of hydrogen-bond acceptors (Lipinski definition) is 3. The molecule has 0 saturated carbocycles. The van der Waals surface area contributed by atoms with Gasteiger partial charge < -0.3 is 15.3 Å². The van der Waals surface area contributed by atoms with E-state index in [-0.39, 0.29) is 11.8 Å². The molecule has 1 aliphatic rings. The molecule has 0 aliphatic carbocycles. The van der Waals surface area contributed by atoms with Crippen molar-refractivity contribution in [2.75, 3.05) is 18.4 Å². The van der Waals surface area contributed by atoms with E-state index in [1.165, 1.54) is 0 Å². The van der Waals surface area contributed by atoms with Crippen molar-refractivity contribution in [1.82, 2.24) is 4.90 Å². The molecule has 6 heteroatoms. The van der Waals surface area contributed by atoms with Crippen molar-refractivity contribution in [3.05, 3.63) is 65.2 Å². The highest BCUT2D eigenvalue weighted by atomic mass is 16.4. The van der Waals surface area contributed by atoms with E-state index in [1.807, 2.05) is 19.1 Å². The summed E-state index contributed by atoms with van der Waals surface area (Å²) in [7, 11) is 0. The predicted octanol–water partition coefficient (Wildman–Crippen LogP) is 3.18. The van der Waals surface area contributed by atoms with Gasteiger partial charge in [0.2, 0.25) is 0 Å². The van der Waals surface area contributed by atoms with Gasteiger partial charge in [-0.25, -0.2) is 0 Å². The Morgan fingerprint density at radius 1 is 1.04 bits per heavy atom. The summed E-state index contributed by atoms with van der Waals surface area (Å²) in [5.41, 5.74) is 2.37. The maximum atomic E-state index is 12.9. The largest absolute Gasteiger partial charge is 0.481 e. The summed E-state index contributed by atoms with van der Waals surface area (Å²) in [6, 6.07) is 14.1. The molecular formula is C21H22N2O4. The zero-order chi connectivity index (χ0) is 19.4. The fourth-order valence-electron chi connectivity index (χ4n) is 3.26. The number of piperidine rings is 1.